The van der Waals surface area contributed by atoms with Crippen LogP contribution in [0.15, 0.2) is 78.9 Å². The van der Waals surface area contributed by atoms with Crippen LogP contribution in [0.1, 0.15) is 16.8 Å². The van der Waals surface area contributed by atoms with E-state index in [1.165, 1.54) is 0 Å². The molecule has 4 aromatic rings. The van der Waals surface area contributed by atoms with Crippen molar-refractivity contribution >= 4 is 28.5 Å². The third kappa shape index (κ3) is 4.30. The summed E-state index contributed by atoms with van der Waals surface area (Å²) in [6.07, 6.45) is 0.168. The van der Waals surface area contributed by atoms with Gasteiger partial charge in [0.1, 0.15) is 6.61 Å². The summed E-state index contributed by atoms with van der Waals surface area (Å²) in [7, 11) is 0. The number of ether oxygens (including phenoxy) is 1. The fourth-order valence-corrected chi connectivity index (χ4v) is 3.59. The van der Waals surface area contributed by atoms with Crippen molar-refractivity contribution in [2.45, 2.75) is 20.0 Å². The quantitative estimate of drug-likeness (QED) is 0.376. The van der Waals surface area contributed by atoms with Crippen molar-refractivity contribution in [3.8, 4) is 11.1 Å². The molecule has 0 amide bonds. The van der Waals surface area contributed by atoms with Crippen molar-refractivity contribution in [3.63, 3.8) is 0 Å². The lowest BCUT2D eigenvalue weighted by Crippen LogP contribution is -2.11. The number of carbonyl (C=O) groups is 1. The molecule has 0 atom stereocenters. The highest BCUT2D eigenvalue weighted by molar-refractivity contribution is 6.30. The Morgan fingerprint density at radius 3 is 2.38 bits per heavy atom. The Labute approximate surface area is 174 Å². The van der Waals surface area contributed by atoms with Crippen LogP contribution in [0.25, 0.3) is 22.0 Å². The summed E-state index contributed by atoms with van der Waals surface area (Å²) in [5.41, 5.74) is 5.66. The fourth-order valence-electron chi connectivity index (χ4n) is 3.46. The van der Waals surface area contributed by atoms with Crippen molar-refractivity contribution in [1.82, 2.24) is 4.98 Å². The van der Waals surface area contributed by atoms with Gasteiger partial charge in [0.05, 0.1) is 11.9 Å². The molecule has 3 nitrogen and oxygen atoms in total. The second kappa shape index (κ2) is 8.46. The van der Waals surface area contributed by atoms with Gasteiger partial charge in [0.25, 0.3) is 0 Å². The summed E-state index contributed by atoms with van der Waals surface area (Å²) in [4.78, 5) is 17.4. The van der Waals surface area contributed by atoms with Crippen LogP contribution in [-0.2, 0) is 22.6 Å². The number of benzene rings is 3. The smallest absolute Gasteiger partial charge is 0.310 e. The summed E-state index contributed by atoms with van der Waals surface area (Å²) in [6.45, 7) is 2.16. The zero-order chi connectivity index (χ0) is 20.2. The van der Waals surface area contributed by atoms with Crippen LogP contribution in [0, 0.1) is 6.92 Å². The predicted octanol–water partition coefficient (Wildman–Crippen LogP) is 6.15. The standard InChI is InChI=1S/C25H20ClNO2/c1-17-22(15-24(28)29-16-18-11-13-20(26)14-12-18)25(19-7-3-2-4-8-19)21-9-5-6-10-23(21)27-17/h2-14H,15-16H2,1H3. The number of rotatable bonds is 5. The van der Waals surface area contributed by atoms with Gasteiger partial charge in [-0.3, -0.25) is 9.78 Å². The highest BCUT2D eigenvalue weighted by Gasteiger charge is 2.17. The SMILES string of the molecule is Cc1nc2ccccc2c(-c2ccccc2)c1CC(=O)OCc1ccc(Cl)cc1. The summed E-state index contributed by atoms with van der Waals surface area (Å²) in [5.74, 6) is -0.280. The van der Waals surface area contributed by atoms with Crippen molar-refractivity contribution in [2.24, 2.45) is 0 Å². The number of pyridine rings is 1. The van der Waals surface area contributed by atoms with Gasteiger partial charge in [0, 0.05) is 16.1 Å². The van der Waals surface area contributed by atoms with Gasteiger partial charge < -0.3 is 4.74 Å². The average molecular weight is 402 g/mol. The molecule has 0 saturated carbocycles. The van der Waals surface area contributed by atoms with E-state index in [0.717, 1.165) is 38.9 Å². The first kappa shape index (κ1) is 19.2. The number of halogens is 1. The first-order valence-electron chi connectivity index (χ1n) is 9.45. The van der Waals surface area contributed by atoms with Gasteiger partial charge in [-0.25, -0.2) is 0 Å². The maximum Gasteiger partial charge on any atom is 0.310 e. The minimum atomic E-state index is -0.280. The van der Waals surface area contributed by atoms with E-state index in [1.54, 1.807) is 12.1 Å². The van der Waals surface area contributed by atoms with Gasteiger partial charge in [-0.05, 0) is 47.4 Å². The zero-order valence-electron chi connectivity index (χ0n) is 16.1. The molecule has 0 N–H and O–H groups in total. The van der Waals surface area contributed by atoms with Gasteiger partial charge in [-0.1, -0.05) is 72.3 Å². The molecule has 1 heterocycles. The van der Waals surface area contributed by atoms with E-state index in [0.29, 0.717) is 5.02 Å². The highest BCUT2D eigenvalue weighted by Crippen LogP contribution is 2.33. The number of esters is 1. The van der Waals surface area contributed by atoms with Crippen LogP contribution in [0.3, 0.4) is 0 Å². The molecule has 0 spiro atoms. The largest absolute Gasteiger partial charge is 0.461 e. The minimum Gasteiger partial charge on any atom is -0.461 e. The van der Waals surface area contributed by atoms with E-state index >= 15 is 0 Å². The Balaban J connectivity index is 1.66. The van der Waals surface area contributed by atoms with E-state index in [9.17, 15) is 4.79 Å². The second-order valence-corrected chi connectivity index (χ2v) is 7.33. The van der Waals surface area contributed by atoms with Crippen molar-refractivity contribution < 1.29 is 9.53 Å². The van der Waals surface area contributed by atoms with E-state index in [-0.39, 0.29) is 19.0 Å². The summed E-state index contributed by atoms with van der Waals surface area (Å²) < 4.78 is 5.52. The molecule has 0 bridgehead atoms. The van der Waals surface area contributed by atoms with Gasteiger partial charge in [0.15, 0.2) is 0 Å². The molecule has 1 aromatic heterocycles. The highest BCUT2D eigenvalue weighted by atomic mass is 35.5. The van der Waals surface area contributed by atoms with Gasteiger partial charge in [0.2, 0.25) is 0 Å². The molecule has 0 saturated heterocycles. The molecule has 0 unspecified atom stereocenters. The number of carbonyl (C=O) groups excluding carboxylic acids is 1. The second-order valence-electron chi connectivity index (χ2n) is 6.90. The molecule has 29 heavy (non-hydrogen) atoms. The number of hydrogen-bond acceptors (Lipinski definition) is 3. The molecule has 4 heteroatoms. The average Bonchev–Trinajstić information content (AvgIpc) is 2.74. The molecule has 0 aliphatic rings. The van der Waals surface area contributed by atoms with Crippen LogP contribution < -0.4 is 0 Å². The molecule has 0 aliphatic carbocycles. The van der Waals surface area contributed by atoms with E-state index in [1.807, 2.05) is 61.5 Å². The minimum absolute atomic E-state index is 0.168. The lowest BCUT2D eigenvalue weighted by molar-refractivity contribution is -0.144. The molecule has 4 rings (SSSR count). The maximum absolute atomic E-state index is 12.6. The molecular formula is C25H20ClNO2. The van der Waals surface area contributed by atoms with Crippen molar-refractivity contribution in [2.75, 3.05) is 0 Å². The van der Waals surface area contributed by atoms with Crippen LogP contribution in [0.5, 0.6) is 0 Å². The van der Waals surface area contributed by atoms with Crippen molar-refractivity contribution in [3.05, 3.63) is 101 Å². The van der Waals surface area contributed by atoms with Crippen LogP contribution >= 0.6 is 11.6 Å². The van der Waals surface area contributed by atoms with E-state index < -0.39 is 0 Å². The molecular weight excluding hydrogens is 382 g/mol. The third-order valence-electron chi connectivity index (χ3n) is 4.90. The number of hydrogen-bond donors (Lipinski definition) is 0. The van der Waals surface area contributed by atoms with Crippen molar-refractivity contribution in [1.29, 1.82) is 0 Å². The first-order chi connectivity index (χ1) is 14.1. The topological polar surface area (TPSA) is 39.2 Å². The zero-order valence-corrected chi connectivity index (χ0v) is 16.8. The van der Waals surface area contributed by atoms with E-state index in [4.69, 9.17) is 21.3 Å². The maximum atomic E-state index is 12.6. The van der Waals surface area contributed by atoms with E-state index in [2.05, 4.69) is 12.1 Å². The third-order valence-corrected chi connectivity index (χ3v) is 5.15. The molecule has 0 fully saturated rings. The van der Waals surface area contributed by atoms with Crippen LogP contribution in [-0.4, -0.2) is 11.0 Å². The normalized spacial score (nSPS) is 10.8. The first-order valence-corrected chi connectivity index (χ1v) is 9.83. The Kier molecular flexibility index (Phi) is 5.59. The van der Waals surface area contributed by atoms with Gasteiger partial charge >= 0.3 is 5.97 Å². The molecule has 144 valence electrons. The summed E-state index contributed by atoms with van der Waals surface area (Å²) >= 11 is 5.91. The molecule has 0 aliphatic heterocycles. The van der Waals surface area contributed by atoms with Crippen LogP contribution in [0.2, 0.25) is 5.02 Å². The van der Waals surface area contributed by atoms with Crippen LogP contribution in [0.4, 0.5) is 0 Å². The number of fused-ring (bicyclic) bond motifs is 1. The summed E-state index contributed by atoms with van der Waals surface area (Å²) in [6, 6.07) is 25.4. The predicted molar refractivity (Wildman–Crippen MR) is 117 cm³/mol. The lowest BCUT2D eigenvalue weighted by atomic mass is 9.93. The lowest BCUT2D eigenvalue weighted by Gasteiger charge is -2.16. The number of aryl methyl sites for hydroxylation is 1. The Morgan fingerprint density at radius 1 is 0.931 bits per heavy atom. The number of para-hydroxylation sites is 1. The van der Waals surface area contributed by atoms with Gasteiger partial charge in [-0.2, -0.15) is 0 Å². The Hall–Kier alpha value is -3.17. The number of nitrogens with zero attached hydrogens (tertiary/aromatic N) is 1. The molecule has 3 aromatic carbocycles. The van der Waals surface area contributed by atoms with Gasteiger partial charge in [-0.15, -0.1) is 0 Å². The monoisotopic (exact) mass is 401 g/mol. The number of aromatic nitrogens is 1. The Bertz CT molecular complexity index is 1150. The summed E-state index contributed by atoms with van der Waals surface area (Å²) in [5, 5.41) is 1.69. The fraction of sp³-hybridized carbons (Fsp3) is 0.120. The molecule has 0 radical (unpaired) electrons. The Morgan fingerprint density at radius 2 is 1.62 bits per heavy atom.